The van der Waals surface area contributed by atoms with Gasteiger partial charge in [0.15, 0.2) is 5.76 Å². The van der Waals surface area contributed by atoms with Crippen LogP contribution in [0.25, 0.3) is 0 Å². The average Bonchev–Trinajstić information content (AvgIpc) is 3.19. The van der Waals surface area contributed by atoms with Crippen molar-refractivity contribution in [2.24, 2.45) is 0 Å². The van der Waals surface area contributed by atoms with Crippen LogP contribution in [0.2, 0.25) is 0 Å². The Morgan fingerprint density at radius 2 is 1.95 bits per heavy atom. The molecule has 0 aliphatic heterocycles. The molecule has 4 heteroatoms. The smallest absolute Gasteiger partial charge is 0.287 e. The van der Waals surface area contributed by atoms with E-state index < -0.39 is 0 Å². The molecule has 1 atom stereocenters. The first-order valence-electron chi connectivity index (χ1n) is 6.68. The summed E-state index contributed by atoms with van der Waals surface area (Å²) in [6, 6.07) is 15.4. The molecule has 3 nitrogen and oxygen atoms in total. The number of nitrogens with one attached hydrogen (secondary N) is 1. The first-order valence-corrected chi connectivity index (χ1v) is 7.56. The second kappa shape index (κ2) is 5.97. The van der Waals surface area contributed by atoms with Crippen molar-refractivity contribution in [3.63, 3.8) is 0 Å². The highest BCUT2D eigenvalue weighted by atomic mass is 32.1. The van der Waals surface area contributed by atoms with Gasteiger partial charge in [0.2, 0.25) is 0 Å². The summed E-state index contributed by atoms with van der Waals surface area (Å²) in [7, 11) is 0. The number of benzene rings is 1. The number of amides is 1. The van der Waals surface area contributed by atoms with Gasteiger partial charge in [-0.25, -0.2) is 0 Å². The number of carbonyl (C=O) groups is 1. The summed E-state index contributed by atoms with van der Waals surface area (Å²) in [6.45, 7) is 2.05. The fraction of sp³-hybridized carbons (Fsp3) is 0.118. The van der Waals surface area contributed by atoms with Gasteiger partial charge < -0.3 is 9.73 Å². The van der Waals surface area contributed by atoms with Gasteiger partial charge in [0, 0.05) is 4.88 Å². The lowest BCUT2D eigenvalue weighted by Crippen LogP contribution is -2.28. The average molecular weight is 297 g/mol. The van der Waals surface area contributed by atoms with Crippen LogP contribution in [0.15, 0.2) is 64.6 Å². The molecule has 0 saturated heterocycles. The van der Waals surface area contributed by atoms with Gasteiger partial charge in [0.05, 0.1) is 12.3 Å². The van der Waals surface area contributed by atoms with Crippen LogP contribution >= 0.6 is 11.3 Å². The minimum Gasteiger partial charge on any atom is -0.459 e. The molecule has 0 unspecified atom stereocenters. The first-order chi connectivity index (χ1) is 10.2. The molecule has 3 aromatic rings. The summed E-state index contributed by atoms with van der Waals surface area (Å²) in [5.41, 5.74) is 2.25. The third kappa shape index (κ3) is 3.06. The minimum absolute atomic E-state index is 0.164. The van der Waals surface area contributed by atoms with Gasteiger partial charge in [-0.1, -0.05) is 35.9 Å². The number of carbonyl (C=O) groups excluding carboxylic acids is 1. The van der Waals surface area contributed by atoms with Gasteiger partial charge in [0.25, 0.3) is 5.91 Å². The summed E-state index contributed by atoms with van der Waals surface area (Å²) in [5, 5.41) is 5.04. The molecule has 1 amide bonds. The summed E-state index contributed by atoms with van der Waals surface area (Å²) in [5.74, 6) is 0.114. The van der Waals surface area contributed by atoms with E-state index in [4.69, 9.17) is 4.42 Å². The lowest BCUT2D eigenvalue weighted by molar-refractivity contribution is 0.0915. The van der Waals surface area contributed by atoms with E-state index >= 15 is 0 Å². The minimum atomic E-state index is -0.209. The Labute approximate surface area is 127 Å². The van der Waals surface area contributed by atoms with Crippen LogP contribution in [-0.2, 0) is 0 Å². The van der Waals surface area contributed by atoms with E-state index in [-0.39, 0.29) is 11.9 Å². The zero-order chi connectivity index (χ0) is 14.7. The number of aryl methyl sites for hydroxylation is 1. The number of rotatable bonds is 4. The van der Waals surface area contributed by atoms with E-state index in [0.717, 1.165) is 10.4 Å². The van der Waals surface area contributed by atoms with Crippen molar-refractivity contribution in [2.75, 3.05) is 0 Å². The molecule has 0 aliphatic rings. The molecule has 1 N–H and O–H groups in total. The van der Waals surface area contributed by atoms with Gasteiger partial charge in [-0.05, 0) is 36.1 Å². The van der Waals surface area contributed by atoms with Crippen LogP contribution in [0, 0.1) is 6.92 Å². The summed E-state index contributed by atoms with van der Waals surface area (Å²) < 4.78 is 5.16. The topological polar surface area (TPSA) is 42.2 Å². The maximum Gasteiger partial charge on any atom is 0.287 e. The summed E-state index contributed by atoms with van der Waals surface area (Å²) >= 11 is 1.62. The van der Waals surface area contributed by atoms with Crippen molar-refractivity contribution < 1.29 is 9.21 Å². The van der Waals surface area contributed by atoms with Gasteiger partial charge in [-0.3, -0.25) is 4.79 Å². The highest BCUT2D eigenvalue weighted by Crippen LogP contribution is 2.26. The normalized spacial score (nSPS) is 12.0. The maximum atomic E-state index is 12.3. The van der Waals surface area contributed by atoms with Gasteiger partial charge in [-0.2, -0.15) is 0 Å². The summed E-state index contributed by atoms with van der Waals surface area (Å²) in [4.78, 5) is 13.3. The third-order valence-corrected chi connectivity index (χ3v) is 4.20. The molecular formula is C17H15NO2S. The van der Waals surface area contributed by atoms with Crippen LogP contribution in [0.3, 0.4) is 0 Å². The van der Waals surface area contributed by atoms with Crippen molar-refractivity contribution in [1.29, 1.82) is 0 Å². The molecule has 1 aromatic carbocycles. The van der Waals surface area contributed by atoms with Crippen LogP contribution in [0.4, 0.5) is 0 Å². The fourth-order valence-electron chi connectivity index (χ4n) is 2.14. The van der Waals surface area contributed by atoms with Crippen LogP contribution in [0.5, 0.6) is 0 Å². The molecule has 0 radical (unpaired) electrons. The Hall–Kier alpha value is -2.33. The maximum absolute atomic E-state index is 12.3. The van der Waals surface area contributed by atoms with Crippen molar-refractivity contribution in [3.05, 3.63) is 81.9 Å². The lowest BCUT2D eigenvalue weighted by atomic mass is 10.0. The molecule has 0 spiro atoms. The highest BCUT2D eigenvalue weighted by molar-refractivity contribution is 7.10. The monoisotopic (exact) mass is 297 g/mol. The van der Waals surface area contributed by atoms with E-state index in [1.807, 2.05) is 36.6 Å². The summed E-state index contributed by atoms with van der Waals surface area (Å²) in [6.07, 6.45) is 1.50. The molecule has 0 aliphatic carbocycles. The second-order valence-corrected chi connectivity index (χ2v) is 5.79. The Morgan fingerprint density at radius 3 is 2.57 bits per heavy atom. The van der Waals surface area contributed by atoms with Crippen LogP contribution in [0.1, 0.15) is 32.6 Å². The number of hydrogen-bond acceptors (Lipinski definition) is 3. The number of thiophene rings is 1. The molecule has 21 heavy (non-hydrogen) atoms. The number of hydrogen-bond donors (Lipinski definition) is 1. The SMILES string of the molecule is Cc1ccc([C@H](NC(=O)c2ccco2)c2cccs2)cc1. The van der Waals surface area contributed by atoms with Gasteiger partial charge in [-0.15, -0.1) is 11.3 Å². The van der Waals surface area contributed by atoms with E-state index in [0.29, 0.717) is 5.76 Å². The zero-order valence-corrected chi connectivity index (χ0v) is 12.4. The standard InChI is InChI=1S/C17H15NO2S/c1-12-6-8-13(9-7-12)16(15-5-3-11-21-15)18-17(19)14-4-2-10-20-14/h2-11,16H,1H3,(H,18,19)/t16-/m0/s1. The van der Waals surface area contributed by atoms with Gasteiger partial charge >= 0.3 is 0 Å². The Balaban J connectivity index is 1.90. The molecule has 0 saturated carbocycles. The van der Waals surface area contributed by atoms with E-state index in [1.165, 1.54) is 11.8 Å². The number of furan rings is 1. The molecule has 106 valence electrons. The first kappa shape index (κ1) is 13.6. The molecule has 3 rings (SSSR count). The quantitative estimate of drug-likeness (QED) is 0.785. The Kier molecular flexibility index (Phi) is 3.88. The molecule has 0 bridgehead atoms. The third-order valence-electron chi connectivity index (χ3n) is 3.26. The zero-order valence-electron chi connectivity index (χ0n) is 11.6. The van der Waals surface area contributed by atoms with E-state index in [2.05, 4.69) is 17.4 Å². The predicted octanol–water partition coefficient (Wildman–Crippen LogP) is 4.17. The van der Waals surface area contributed by atoms with Crippen molar-refractivity contribution >= 4 is 17.2 Å². The predicted molar refractivity (Wildman–Crippen MR) is 83.5 cm³/mol. The largest absolute Gasteiger partial charge is 0.459 e. The fourth-order valence-corrected chi connectivity index (χ4v) is 2.95. The lowest BCUT2D eigenvalue weighted by Gasteiger charge is -2.17. The molecule has 2 heterocycles. The van der Waals surface area contributed by atoms with Crippen molar-refractivity contribution in [2.45, 2.75) is 13.0 Å². The molecule has 0 fully saturated rings. The molecular weight excluding hydrogens is 282 g/mol. The Bertz CT molecular complexity index is 700. The van der Waals surface area contributed by atoms with Crippen molar-refractivity contribution in [1.82, 2.24) is 5.32 Å². The Morgan fingerprint density at radius 1 is 1.14 bits per heavy atom. The molecule has 2 aromatic heterocycles. The van der Waals surface area contributed by atoms with Crippen LogP contribution < -0.4 is 5.32 Å². The van der Waals surface area contributed by atoms with Crippen LogP contribution in [-0.4, -0.2) is 5.91 Å². The second-order valence-electron chi connectivity index (χ2n) is 4.81. The van der Waals surface area contributed by atoms with Crippen molar-refractivity contribution in [3.8, 4) is 0 Å². The highest BCUT2D eigenvalue weighted by Gasteiger charge is 2.19. The van der Waals surface area contributed by atoms with E-state index in [9.17, 15) is 4.79 Å². The van der Waals surface area contributed by atoms with Gasteiger partial charge in [0.1, 0.15) is 0 Å². The van der Waals surface area contributed by atoms with E-state index in [1.54, 1.807) is 23.5 Å².